The SMILES string of the molecule is CC1CCCc2c1cc(C(=O)CBr)c1ccccc21. The summed E-state index contributed by atoms with van der Waals surface area (Å²) in [5.74, 6) is 0.743. The van der Waals surface area contributed by atoms with Crippen LogP contribution in [-0.4, -0.2) is 11.1 Å². The molecule has 3 rings (SSSR count). The van der Waals surface area contributed by atoms with E-state index in [0.29, 0.717) is 11.2 Å². The van der Waals surface area contributed by atoms with Gasteiger partial charge in [-0.05, 0) is 53.1 Å². The number of Topliss-reactive ketones (excluding diaryl/α,β-unsaturated/α-hetero) is 1. The maximum atomic E-state index is 12.2. The Labute approximate surface area is 122 Å². The Morgan fingerprint density at radius 1 is 1.32 bits per heavy atom. The summed E-state index contributed by atoms with van der Waals surface area (Å²) in [6.07, 6.45) is 3.63. The van der Waals surface area contributed by atoms with Crippen molar-refractivity contribution in [2.24, 2.45) is 0 Å². The smallest absolute Gasteiger partial charge is 0.174 e. The molecule has 2 aromatic rings. The maximum absolute atomic E-state index is 12.2. The van der Waals surface area contributed by atoms with Crippen LogP contribution in [0.15, 0.2) is 30.3 Å². The Balaban J connectivity index is 2.35. The number of hydrogen-bond acceptors (Lipinski definition) is 1. The first-order chi connectivity index (χ1) is 9.22. The molecule has 0 saturated carbocycles. The Hall–Kier alpha value is -1.15. The Morgan fingerprint density at radius 2 is 2.05 bits per heavy atom. The number of carbonyl (C=O) groups excluding carboxylic acids is 1. The van der Waals surface area contributed by atoms with Gasteiger partial charge in [-0.3, -0.25) is 4.79 Å². The highest BCUT2D eigenvalue weighted by atomic mass is 79.9. The lowest BCUT2D eigenvalue weighted by molar-refractivity contribution is 0.102. The zero-order valence-electron chi connectivity index (χ0n) is 11.1. The van der Waals surface area contributed by atoms with Crippen molar-refractivity contribution < 1.29 is 4.79 Å². The van der Waals surface area contributed by atoms with Gasteiger partial charge in [0.05, 0.1) is 5.33 Å². The van der Waals surface area contributed by atoms with Gasteiger partial charge in [0.1, 0.15) is 0 Å². The lowest BCUT2D eigenvalue weighted by Crippen LogP contribution is -2.11. The summed E-state index contributed by atoms with van der Waals surface area (Å²) < 4.78 is 0. The topological polar surface area (TPSA) is 17.1 Å². The van der Waals surface area contributed by atoms with Crippen molar-refractivity contribution in [1.29, 1.82) is 0 Å². The monoisotopic (exact) mass is 316 g/mol. The van der Waals surface area contributed by atoms with Crippen LogP contribution >= 0.6 is 15.9 Å². The van der Waals surface area contributed by atoms with Gasteiger partial charge in [0.2, 0.25) is 0 Å². The van der Waals surface area contributed by atoms with E-state index in [1.807, 2.05) is 6.07 Å². The summed E-state index contributed by atoms with van der Waals surface area (Å²) in [5.41, 5.74) is 3.72. The molecule has 0 bridgehead atoms. The Kier molecular flexibility index (Phi) is 3.44. The van der Waals surface area contributed by atoms with Gasteiger partial charge in [0, 0.05) is 5.56 Å². The fourth-order valence-corrected chi connectivity index (χ4v) is 3.52. The number of ketones is 1. The van der Waals surface area contributed by atoms with Crippen molar-refractivity contribution in [3.8, 4) is 0 Å². The summed E-state index contributed by atoms with van der Waals surface area (Å²) in [7, 11) is 0. The fraction of sp³-hybridized carbons (Fsp3) is 0.353. The third-order valence-electron chi connectivity index (χ3n) is 4.21. The van der Waals surface area contributed by atoms with Gasteiger partial charge in [-0.1, -0.05) is 47.1 Å². The van der Waals surface area contributed by atoms with Gasteiger partial charge in [-0.25, -0.2) is 0 Å². The predicted octanol–water partition coefficient (Wildman–Crippen LogP) is 4.86. The Bertz CT molecular complexity index is 645. The van der Waals surface area contributed by atoms with Crippen LogP contribution in [0.5, 0.6) is 0 Å². The first kappa shape index (κ1) is 12.9. The van der Waals surface area contributed by atoms with Crippen molar-refractivity contribution in [1.82, 2.24) is 0 Å². The minimum atomic E-state index is 0.178. The molecule has 0 N–H and O–H groups in total. The molecule has 0 spiro atoms. The summed E-state index contributed by atoms with van der Waals surface area (Å²) in [5, 5.41) is 2.78. The number of rotatable bonds is 2. The second-order valence-corrected chi connectivity index (χ2v) is 5.95. The van der Waals surface area contributed by atoms with Crippen molar-refractivity contribution in [2.45, 2.75) is 32.1 Å². The van der Waals surface area contributed by atoms with Crippen LogP contribution in [0.1, 0.15) is 47.2 Å². The predicted molar refractivity (Wildman–Crippen MR) is 83.4 cm³/mol. The third kappa shape index (κ3) is 2.12. The van der Waals surface area contributed by atoms with Crippen molar-refractivity contribution in [2.75, 3.05) is 5.33 Å². The van der Waals surface area contributed by atoms with Gasteiger partial charge in [0.15, 0.2) is 5.78 Å². The number of fused-ring (bicyclic) bond motifs is 3. The molecule has 1 unspecified atom stereocenters. The molecule has 2 heteroatoms. The van der Waals surface area contributed by atoms with Gasteiger partial charge in [-0.2, -0.15) is 0 Å². The maximum Gasteiger partial charge on any atom is 0.174 e. The van der Waals surface area contributed by atoms with Crippen molar-refractivity contribution >= 4 is 32.5 Å². The molecule has 19 heavy (non-hydrogen) atoms. The van der Waals surface area contributed by atoms with Crippen LogP contribution in [-0.2, 0) is 6.42 Å². The van der Waals surface area contributed by atoms with Crippen LogP contribution in [0.4, 0.5) is 0 Å². The molecule has 0 amide bonds. The molecule has 1 atom stereocenters. The molecule has 0 radical (unpaired) electrons. The zero-order valence-corrected chi connectivity index (χ0v) is 12.7. The molecule has 0 saturated heterocycles. The van der Waals surface area contributed by atoms with E-state index in [9.17, 15) is 4.79 Å². The summed E-state index contributed by atoms with van der Waals surface area (Å²) in [6, 6.07) is 10.5. The highest BCUT2D eigenvalue weighted by Crippen LogP contribution is 2.37. The first-order valence-corrected chi connectivity index (χ1v) is 7.98. The van der Waals surface area contributed by atoms with Crippen LogP contribution < -0.4 is 0 Å². The van der Waals surface area contributed by atoms with E-state index in [1.54, 1.807) is 0 Å². The largest absolute Gasteiger partial charge is 0.293 e. The summed E-state index contributed by atoms with van der Waals surface area (Å²) >= 11 is 3.30. The zero-order chi connectivity index (χ0) is 13.4. The van der Waals surface area contributed by atoms with E-state index in [1.165, 1.54) is 29.4 Å². The van der Waals surface area contributed by atoms with E-state index < -0.39 is 0 Å². The number of halogens is 1. The van der Waals surface area contributed by atoms with E-state index in [4.69, 9.17) is 0 Å². The molecule has 0 heterocycles. The molecule has 1 nitrogen and oxygen atoms in total. The molecule has 0 aliphatic heterocycles. The minimum Gasteiger partial charge on any atom is -0.293 e. The average molecular weight is 317 g/mol. The molecular formula is C17H17BrO. The molecule has 0 aromatic heterocycles. The van der Waals surface area contributed by atoms with Gasteiger partial charge < -0.3 is 0 Å². The quantitative estimate of drug-likeness (QED) is 0.571. The molecule has 98 valence electrons. The lowest BCUT2D eigenvalue weighted by Gasteiger charge is -2.25. The van der Waals surface area contributed by atoms with Crippen molar-refractivity contribution in [3.63, 3.8) is 0 Å². The Morgan fingerprint density at radius 3 is 2.79 bits per heavy atom. The van der Waals surface area contributed by atoms with E-state index >= 15 is 0 Å². The minimum absolute atomic E-state index is 0.178. The number of alkyl halides is 1. The van der Waals surface area contributed by atoms with Gasteiger partial charge in [-0.15, -0.1) is 0 Å². The van der Waals surface area contributed by atoms with E-state index in [2.05, 4.69) is 47.1 Å². The number of benzene rings is 2. The van der Waals surface area contributed by atoms with Crippen LogP contribution in [0.3, 0.4) is 0 Å². The van der Waals surface area contributed by atoms with E-state index in [0.717, 1.165) is 17.4 Å². The normalized spacial score (nSPS) is 18.3. The first-order valence-electron chi connectivity index (χ1n) is 6.86. The van der Waals surface area contributed by atoms with Crippen LogP contribution in [0.25, 0.3) is 10.8 Å². The number of carbonyl (C=O) groups is 1. The molecular weight excluding hydrogens is 300 g/mol. The molecule has 1 aliphatic carbocycles. The highest BCUT2D eigenvalue weighted by molar-refractivity contribution is 9.09. The lowest BCUT2D eigenvalue weighted by atomic mass is 9.79. The standard InChI is InChI=1S/C17H17BrO/c1-11-5-4-8-13-12-6-2-3-7-14(12)16(9-15(11)13)17(19)10-18/h2-3,6-7,9,11H,4-5,8,10H2,1H3. The van der Waals surface area contributed by atoms with E-state index in [-0.39, 0.29) is 5.78 Å². The average Bonchev–Trinajstić information content (AvgIpc) is 2.46. The van der Waals surface area contributed by atoms with Crippen LogP contribution in [0, 0.1) is 0 Å². The van der Waals surface area contributed by atoms with Gasteiger partial charge in [0.25, 0.3) is 0 Å². The summed E-state index contributed by atoms with van der Waals surface area (Å²) in [4.78, 5) is 12.2. The fourth-order valence-electron chi connectivity index (χ4n) is 3.22. The molecule has 2 aromatic carbocycles. The van der Waals surface area contributed by atoms with Crippen molar-refractivity contribution in [3.05, 3.63) is 47.0 Å². The second-order valence-electron chi connectivity index (χ2n) is 5.39. The molecule has 1 aliphatic rings. The molecule has 0 fully saturated rings. The number of hydrogen-bond donors (Lipinski definition) is 0. The summed E-state index contributed by atoms with van der Waals surface area (Å²) in [6.45, 7) is 2.27. The highest BCUT2D eigenvalue weighted by Gasteiger charge is 2.21. The third-order valence-corrected chi connectivity index (χ3v) is 4.72. The number of aryl methyl sites for hydroxylation is 1. The van der Waals surface area contributed by atoms with Crippen LogP contribution in [0.2, 0.25) is 0 Å². The van der Waals surface area contributed by atoms with Gasteiger partial charge >= 0.3 is 0 Å². The second kappa shape index (κ2) is 5.09.